The first-order valence-corrected chi connectivity index (χ1v) is 5.27. The van der Waals surface area contributed by atoms with Crippen LogP contribution in [0, 0.1) is 0 Å². The van der Waals surface area contributed by atoms with Crippen molar-refractivity contribution < 1.29 is 9.15 Å². The zero-order valence-electron chi connectivity index (χ0n) is 8.74. The van der Waals surface area contributed by atoms with Crippen LogP contribution in [0.25, 0.3) is 0 Å². The molecule has 0 spiro atoms. The Morgan fingerprint density at radius 2 is 2.25 bits per heavy atom. The molecule has 16 heavy (non-hydrogen) atoms. The molecule has 0 unspecified atom stereocenters. The molecule has 0 aliphatic carbocycles. The van der Waals surface area contributed by atoms with Gasteiger partial charge in [0.25, 0.3) is 6.01 Å². The number of hydrogen-bond donors (Lipinski definition) is 1. The third-order valence-electron chi connectivity index (χ3n) is 2.04. The molecule has 5 heteroatoms. The summed E-state index contributed by atoms with van der Waals surface area (Å²) in [6.45, 7) is 0. The van der Waals surface area contributed by atoms with Crippen molar-refractivity contribution in [3.05, 3.63) is 36.2 Å². The molecular weight excluding hydrogens is 228 g/mol. The van der Waals surface area contributed by atoms with Crippen LogP contribution in [0.2, 0.25) is 0 Å². The standard InChI is InChI=1S/C11H11ClN2O2/c1-15-10-5-3-2-4-9(10)14-11-13-8(6-12)7-16-11/h2-5,7H,6H2,1H3,(H,13,14). The number of oxazole rings is 1. The monoisotopic (exact) mass is 238 g/mol. The molecule has 2 rings (SSSR count). The first-order chi connectivity index (χ1) is 7.83. The first kappa shape index (κ1) is 10.8. The van der Waals surface area contributed by atoms with Crippen molar-refractivity contribution in [1.29, 1.82) is 0 Å². The van der Waals surface area contributed by atoms with Crippen molar-refractivity contribution in [1.82, 2.24) is 4.98 Å². The molecule has 0 amide bonds. The van der Waals surface area contributed by atoms with Crippen molar-refractivity contribution in [2.24, 2.45) is 0 Å². The van der Waals surface area contributed by atoms with E-state index in [9.17, 15) is 0 Å². The van der Waals surface area contributed by atoms with Gasteiger partial charge in [-0.15, -0.1) is 11.6 Å². The van der Waals surface area contributed by atoms with E-state index in [2.05, 4.69) is 10.3 Å². The molecule has 0 aliphatic rings. The number of methoxy groups -OCH3 is 1. The SMILES string of the molecule is COc1ccccc1Nc1nc(CCl)co1. The molecule has 0 atom stereocenters. The number of nitrogens with one attached hydrogen (secondary N) is 1. The number of benzene rings is 1. The van der Waals surface area contributed by atoms with Gasteiger partial charge in [-0.2, -0.15) is 4.98 Å². The van der Waals surface area contributed by atoms with Crippen molar-refractivity contribution in [2.75, 3.05) is 12.4 Å². The summed E-state index contributed by atoms with van der Waals surface area (Å²) in [6.07, 6.45) is 1.52. The summed E-state index contributed by atoms with van der Waals surface area (Å²) in [5, 5.41) is 3.02. The number of anilines is 2. The second-order valence-electron chi connectivity index (χ2n) is 3.10. The van der Waals surface area contributed by atoms with Crippen molar-refractivity contribution >= 4 is 23.3 Å². The fraction of sp³-hybridized carbons (Fsp3) is 0.182. The average Bonchev–Trinajstić information content (AvgIpc) is 2.77. The molecule has 4 nitrogen and oxygen atoms in total. The highest BCUT2D eigenvalue weighted by molar-refractivity contribution is 6.16. The van der Waals surface area contributed by atoms with Crippen LogP contribution in [-0.4, -0.2) is 12.1 Å². The Bertz CT molecular complexity index is 471. The van der Waals surface area contributed by atoms with E-state index in [1.54, 1.807) is 7.11 Å². The minimum absolute atomic E-state index is 0.330. The van der Waals surface area contributed by atoms with Gasteiger partial charge in [-0.1, -0.05) is 12.1 Å². The molecule has 0 saturated carbocycles. The molecule has 0 aliphatic heterocycles. The molecule has 1 N–H and O–H groups in total. The molecule has 0 radical (unpaired) electrons. The number of rotatable bonds is 4. The van der Waals surface area contributed by atoms with Crippen LogP contribution in [0.5, 0.6) is 5.75 Å². The molecule has 1 aromatic carbocycles. The van der Waals surface area contributed by atoms with E-state index in [4.69, 9.17) is 20.8 Å². The highest BCUT2D eigenvalue weighted by Crippen LogP contribution is 2.26. The van der Waals surface area contributed by atoms with Crippen molar-refractivity contribution in [3.8, 4) is 5.75 Å². The molecule has 0 bridgehead atoms. The Labute approximate surface area is 98.2 Å². The van der Waals surface area contributed by atoms with Gasteiger partial charge < -0.3 is 14.5 Å². The Morgan fingerprint density at radius 3 is 2.94 bits per heavy atom. The lowest BCUT2D eigenvalue weighted by Crippen LogP contribution is -1.94. The summed E-state index contributed by atoms with van der Waals surface area (Å²) >= 11 is 5.63. The topological polar surface area (TPSA) is 47.3 Å². The third-order valence-corrected chi connectivity index (χ3v) is 2.31. The number of para-hydroxylation sites is 2. The number of halogens is 1. The van der Waals surface area contributed by atoms with Crippen LogP contribution in [0.1, 0.15) is 5.69 Å². The van der Waals surface area contributed by atoms with Crippen LogP contribution in [-0.2, 0) is 5.88 Å². The van der Waals surface area contributed by atoms with E-state index in [1.165, 1.54) is 6.26 Å². The molecule has 2 aromatic rings. The number of ether oxygens (including phenoxy) is 1. The van der Waals surface area contributed by atoms with Crippen LogP contribution in [0.15, 0.2) is 34.9 Å². The van der Waals surface area contributed by atoms with Gasteiger partial charge in [0.15, 0.2) is 0 Å². The van der Waals surface area contributed by atoms with Crippen LogP contribution in [0.3, 0.4) is 0 Å². The van der Waals surface area contributed by atoms with Gasteiger partial charge in [0.05, 0.1) is 24.4 Å². The highest BCUT2D eigenvalue weighted by Gasteiger charge is 2.06. The van der Waals surface area contributed by atoms with E-state index in [0.29, 0.717) is 17.6 Å². The lowest BCUT2D eigenvalue weighted by molar-refractivity contribution is 0.416. The molecule has 84 valence electrons. The van der Waals surface area contributed by atoms with E-state index in [0.717, 1.165) is 11.4 Å². The Kier molecular flexibility index (Phi) is 3.31. The second-order valence-corrected chi connectivity index (χ2v) is 3.37. The van der Waals surface area contributed by atoms with Crippen LogP contribution >= 0.6 is 11.6 Å². The number of nitrogens with zero attached hydrogens (tertiary/aromatic N) is 1. The maximum Gasteiger partial charge on any atom is 0.299 e. The lowest BCUT2D eigenvalue weighted by Gasteiger charge is -2.07. The first-order valence-electron chi connectivity index (χ1n) is 4.74. The van der Waals surface area contributed by atoms with E-state index in [1.807, 2.05) is 24.3 Å². The van der Waals surface area contributed by atoms with Gasteiger partial charge >= 0.3 is 0 Å². The predicted octanol–water partition coefficient (Wildman–Crippen LogP) is 3.17. The van der Waals surface area contributed by atoms with Gasteiger partial charge in [-0.25, -0.2) is 0 Å². The summed E-state index contributed by atoms with van der Waals surface area (Å²) in [5.41, 5.74) is 1.49. The number of hydrogen-bond acceptors (Lipinski definition) is 4. The number of aromatic nitrogens is 1. The fourth-order valence-electron chi connectivity index (χ4n) is 1.29. The molecular formula is C11H11ClN2O2. The quantitative estimate of drug-likeness (QED) is 0.832. The van der Waals surface area contributed by atoms with Gasteiger partial charge in [0.1, 0.15) is 12.0 Å². The summed E-state index contributed by atoms with van der Waals surface area (Å²) in [6, 6.07) is 7.93. The Balaban J connectivity index is 2.19. The molecule has 0 saturated heterocycles. The summed E-state index contributed by atoms with van der Waals surface area (Å²) in [7, 11) is 1.61. The Morgan fingerprint density at radius 1 is 1.44 bits per heavy atom. The van der Waals surface area contributed by atoms with Gasteiger partial charge in [-0.05, 0) is 12.1 Å². The Hall–Kier alpha value is -1.68. The third kappa shape index (κ3) is 2.28. The zero-order chi connectivity index (χ0) is 11.4. The molecule has 1 heterocycles. The summed E-state index contributed by atoms with van der Waals surface area (Å²) < 4.78 is 10.4. The second kappa shape index (κ2) is 4.90. The molecule has 0 fully saturated rings. The van der Waals surface area contributed by atoms with E-state index in [-0.39, 0.29) is 0 Å². The largest absolute Gasteiger partial charge is 0.495 e. The van der Waals surface area contributed by atoms with Crippen molar-refractivity contribution in [2.45, 2.75) is 5.88 Å². The van der Waals surface area contributed by atoms with Gasteiger partial charge in [0.2, 0.25) is 0 Å². The van der Waals surface area contributed by atoms with E-state index < -0.39 is 0 Å². The van der Waals surface area contributed by atoms with Gasteiger partial charge in [-0.3, -0.25) is 0 Å². The maximum atomic E-state index is 5.63. The zero-order valence-corrected chi connectivity index (χ0v) is 9.49. The molecule has 1 aromatic heterocycles. The van der Waals surface area contributed by atoms with Crippen LogP contribution < -0.4 is 10.1 Å². The number of alkyl halides is 1. The lowest BCUT2D eigenvalue weighted by atomic mass is 10.3. The predicted molar refractivity (Wildman–Crippen MR) is 62.3 cm³/mol. The minimum atomic E-state index is 0.330. The minimum Gasteiger partial charge on any atom is -0.495 e. The summed E-state index contributed by atoms with van der Waals surface area (Å²) in [4.78, 5) is 4.13. The highest BCUT2D eigenvalue weighted by atomic mass is 35.5. The van der Waals surface area contributed by atoms with Gasteiger partial charge in [0, 0.05) is 0 Å². The maximum absolute atomic E-state index is 5.63. The summed E-state index contributed by atoms with van der Waals surface area (Å²) in [5.74, 6) is 1.06. The van der Waals surface area contributed by atoms with Crippen molar-refractivity contribution in [3.63, 3.8) is 0 Å². The normalized spacial score (nSPS) is 10.1. The fourth-order valence-corrected chi connectivity index (χ4v) is 1.41. The van der Waals surface area contributed by atoms with E-state index >= 15 is 0 Å². The average molecular weight is 239 g/mol. The van der Waals surface area contributed by atoms with Crippen LogP contribution in [0.4, 0.5) is 11.7 Å². The smallest absolute Gasteiger partial charge is 0.299 e.